The molecule has 0 aromatic heterocycles. The number of nitrogens with zero attached hydrogens (tertiary/aromatic N) is 1. The molecule has 35 heavy (non-hydrogen) atoms. The van der Waals surface area contributed by atoms with Crippen LogP contribution in [0.15, 0.2) is 59.9 Å². The van der Waals surface area contributed by atoms with Crippen LogP contribution in [0.2, 0.25) is 0 Å². The Morgan fingerprint density at radius 3 is 2.03 bits per heavy atom. The van der Waals surface area contributed by atoms with E-state index in [1.165, 1.54) is 20.3 Å². The zero-order valence-corrected chi connectivity index (χ0v) is 20.4. The molecule has 186 valence electrons. The number of hydrogen-bond donors (Lipinski definition) is 1. The van der Waals surface area contributed by atoms with Crippen LogP contribution in [0.3, 0.4) is 0 Å². The molecular weight excluding hydrogens is 454 g/mol. The van der Waals surface area contributed by atoms with Crippen LogP contribution in [0.1, 0.15) is 24.0 Å². The van der Waals surface area contributed by atoms with Gasteiger partial charge in [-0.1, -0.05) is 12.1 Å². The second-order valence-corrected chi connectivity index (χ2v) is 7.61. The zero-order chi connectivity index (χ0) is 25.5. The minimum absolute atomic E-state index is 0.0475. The minimum Gasteiger partial charge on any atom is -0.504 e. The fourth-order valence-corrected chi connectivity index (χ4v) is 3.91. The minimum atomic E-state index is -0.795. The van der Waals surface area contributed by atoms with Crippen LogP contribution >= 0.6 is 0 Å². The van der Waals surface area contributed by atoms with Crippen molar-refractivity contribution in [2.75, 3.05) is 35.0 Å². The summed E-state index contributed by atoms with van der Waals surface area (Å²) in [5, 5.41) is 10.1. The topological polar surface area (TPSA) is 104 Å². The molecule has 0 unspecified atom stereocenters. The highest BCUT2D eigenvalue weighted by Crippen LogP contribution is 2.40. The lowest BCUT2D eigenvalue weighted by atomic mass is 9.83. The first-order valence-corrected chi connectivity index (χ1v) is 10.9. The molecule has 0 aliphatic carbocycles. The smallest absolute Gasteiger partial charge is 0.336 e. The van der Waals surface area contributed by atoms with Crippen molar-refractivity contribution in [3.05, 3.63) is 71.1 Å². The molecular formula is C26H29NO8. The predicted molar refractivity (Wildman–Crippen MR) is 127 cm³/mol. The molecule has 3 rings (SSSR count). The number of phenols is 1. The van der Waals surface area contributed by atoms with E-state index >= 15 is 0 Å². The number of carbonyl (C=O) groups is 2. The Morgan fingerprint density at radius 1 is 0.857 bits per heavy atom. The van der Waals surface area contributed by atoms with Gasteiger partial charge in [0.05, 0.1) is 52.1 Å². The number of rotatable bonds is 9. The lowest BCUT2D eigenvalue weighted by Crippen LogP contribution is -2.28. The van der Waals surface area contributed by atoms with Crippen LogP contribution in [-0.4, -0.2) is 57.0 Å². The molecule has 9 heteroatoms. The molecule has 0 atom stereocenters. The summed E-state index contributed by atoms with van der Waals surface area (Å²) in [4.78, 5) is 27.4. The average Bonchev–Trinajstić information content (AvgIpc) is 2.88. The van der Waals surface area contributed by atoms with Crippen LogP contribution in [0, 0.1) is 0 Å². The van der Waals surface area contributed by atoms with Gasteiger partial charge >= 0.3 is 11.9 Å². The number of esters is 2. The Morgan fingerprint density at radius 2 is 1.49 bits per heavy atom. The Balaban J connectivity index is 2.08. The SMILES string of the molecule is CCOc1cc(C2C(C(=O)OC)=CN(Cc3ccc(OC)c(OC)c3)C=C2C(=O)OC)ccc1O. The number of phenolic OH excluding ortho intramolecular Hbond substituents is 1. The van der Waals surface area contributed by atoms with Crippen molar-refractivity contribution < 1.29 is 38.4 Å². The molecule has 0 spiro atoms. The summed E-state index contributed by atoms with van der Waals surface area (Å²) < 4.78 is 26.3. The standard InChI is InChI=1S/C26H29NO8/c1-6-35-22-12-17(8-9-20(22)28)24-18(25(29)33-4)14-27(15-19(24)26(30)34-5)13-16-7-10-21(31-2)23(11-16)32-3/h7-12,14-15,24,28H,6,13H2,1-5H3. The summed E-state index contributed by atoms with van der Waals surface area (Å²) in [5.74, 6) is -0.664. The third-order valence-corrected chi connectivity index (χ3v) is 5.50. The molecule has 2 aromatic rings. The van der Waals surface area contributed by atoms with Crippen molar-refractivity contribution in [1.82, 2.24) is 4.90 Å². The summed E-state index contributed by atoms with van der Waals surface area (Å²) in [6.07, 6.45) is 3.26. The van der Waals surface area contributed by atoms with Crippen LogP contribution in [-0.2, 0) is 25.6 Å². The second-order valence-electron chi connectivity index (χ2n) is 7.61. The number of benzene rings is 2. The lowest BCUT2D eigenvalue weighted by molar-refractivity contribution is -0.137. The first-order chi connectivity index (χ1) is 16.9. The average molecular weight is 484 g/mol. The number of aromatic hydroxyl groups is 1. The fraction of sp³-hybridized carbons (Fsp3) is 0.308. The molecule has 9 nitrogen and oxygen atoms in total. The third-order valence-electron chi connectivity index (χ3n) is 5.50. The summed E-state index contributed by atoms with van der Waals surface area (Å²) in [7, 11) is 5.65. The van der Waals surface area contributed by atoms with Crippen molar-refractivity contribution in [3.8, 4) is 23.0 Å². The molecule has 1 aliphatic heterocycles. The summed E-state index contributed by atoms with van der Waals surface area (Å²) in [5.41, 5.74) is 1.86. The largest absolute Gasteiger partial charge is 0.504 e. The molecule has 0 saturated heterocycles. The van der Waals surface area contributed by atoms with Gasteiger partial charge in [0.25, 0.3) is 0 Å². The molecule has 1 heterocycles. The maximum atomic E-state index is 12.9. The Kier molecular flexibility index (Phi) is 8.25. The molecule has 1 aliphatic rings. The fourth-order valence-electron chi connectivity index (χ4n) is 3.91. The van der Waals surface area contributed by atoms with Crippen molar-refractivity contribution >= 4 is 11.9 Å². The molecule has 0 bridgehead atoms. The maximum Gasteiger partial charge on any atom is 0.336 e. The van der Waals surface area contributed by atoms with Gasteiger partial charge in [-0.25, -0.2) is 9.59 Å². The quantitative estimate of drug-likeness (QED) is 0.537. The van der Waals surface area contributed by atoms with E-state index in [9.17, 15) is 14.7 Å². The van der Waals surface area contributed by atoms with Crippen LogP contribution < -0.4 is 14.2 Å². The summed E-state index contributed by atoms with van der Waals surface area (Å²) in [6.45, 7) is 2.45. The van der Waals surface area contributed by atoms with E-state index in [2.05, 4.69) is 0 Å². The second kappa shape index (κ2) is 11.3. The lowest BCUT2D eigenvalue weighted by Gasteiger charge is -2.30. The van der Waals surface area contributed by atoms with Gasteiger partial charge in [0.15, 0.2) is 23.0 Å². The van der Waals surface area contributed by atoms with Crippen LogP contribution in [0.25, 0.3) is 0 Å². The normalized spacial score (nSPS) is 13.5. The summed E-state index contributed by atoms with van der Waals surface area (Å²) >= 11 is 0. The highest BCUT2D eigenvalue weighted by atomic mass is 16.5. The van der Waals surface area contributed by atoms with Gasteiger partial charge in [-0.05, 0) is 42.3 Å². The van der Waals surface area contributed by atoms with Crippen LogP contribution in [0.4, 0.5) is 0 Å². The molecule has 0 amide bonds. The number of methoxy groups -OCH3 is 4. The molecule has 2 aromatic carbocycles. The van der Waals surface area contributed by atoms with Crippen molar-refractivity contribution in [2.45, 2.75) is 19.4 Å². The van der Waals surface area contributed by atoms with Gasteiger partial charge in [0, 0.05) is 18.9 Å². The number of hydrogen-bond acceptors (Lipinski definition) is 9. The molecule has 1 N–H and O–H groups in total. The molecule has 0 fully saturated rings. The highest BCUT2D eigenvalue weighted by Gasteiger charge is 2.35. The Bertz CT molecular complexity index is 1120. The first-order valence-electron chi connectivity index (χ1n) is 10.9. The van der Waals surface area contributed by atoms with Gasteiger partial charge in [-0.15, -0.1) is 0 Å². The molecule has 0 radical (unpaired) electrons. The van der Waals surface area contributed by atoms with E-state index in [-0.39, 0.29) is 22.6 Å². The predicted octanol–water partition coefficient (Wildman–Crippen LogP) is 3.52. The van der Waals surface area contributed by atoms with E-state index in [0.29, 0.717) is 30.2 Å². The monoisotopic (exact) mass is 483 g/mol. The van der Waals surface area contributed by atoms with E-state index in [1.54, 1.807) is 56.6 Å². The van der Waals surface area contributed by atoms with Gasteiger partial charge in [-0.2, -0.15) is 0 Å². The zero-order valence-electron chi connectivity index (χ0n) is 20.4. The van der Waals surface area contributed by atoms with E-state index in [0.717, 1.165) is 5.56 Å². The van der Waals surface area contributed by atoms with E-state index < -0.39 is 17.9 Å². The van der Waals surface area contributed by atoms with Crippen molar-refractivity contribution in [1.29, 1.82) is 0 Å². The number of ether oxygens (including phenoxy) is 5. The van der Waals surface area contributed by atoms with Crippen LogP contribution in [0.5, 0.6) is 23.0 Å². The van der Waals surface area contributed by atoms with Gasteiger partial charge in [0.2, 0.25) is 0 Å². The Labute approximate surface area is 204 Å². The van der Waals surface area contributed by atoms with Crippen molar-refractivity contribution in [3.63, 3.8) is 0 Å². The highest BCUT2D eigenvalue weighted by molar-refractivity contribution is 5.98. The van der Waals surface area contributed by atoms with Crippen molar-refractivity contribution in [2.24, 2.45) is 0 Å². The summed E-state index contributed by atoms with van der Waals surface area (Å²) in [6, 6.07) is 10.1. The third kappa shape index (κ3) is 5.51. The number of carbonyl (C=O) groups excluding carboxylic acids is 2. The maximum absolute atomic E-state index is 12.9. The van der Waals surface area contributed by atoms with Gasteiger partial charge in [-0.3, -0.25) is 0 Å². The van der Waals surface area contributed by atoms with Gasteiger partial charge < -0.3 is 33.7 Å². The molecule has 0 saturated carbocycles. The van der Waals surface area contributed by atoms with Gasteiger partial charge in [0.1, 0.15) is 0 Å². The Hall–Kier alpha value is -4.14. The van der Waals surface area contributed by atoms with E-state index in [1.807, 2.05) is 12.1 Å². The first kappa shape index (κ1) is 25.5. The van der Waals surface area contributed by atoms with E-state index in [4.69, 9.17) is 23.7 Å².